The Morgan fingerprint density at radius 3 is 2.52 bits per heavy atom. The molecule has 1 aromatic heterocycles. The molecule has 0 fully saturated rings. The molecule has 0 bridgehead atoms. The van der Waals surface area contributed by atoms with Gasteiger partial charge in [0.1, 0.15) is 5.65 Å². The Hall–Kier alpha value is -3.80. The number of aromatic nitrogens is 4. The van der Waals surface area contributed by atoms with Crippen LogP contribution >= 0.6 is 0 Å². The molecular formula is C21H14N4O2. The maximum atomic E-state index is 12.4. The first kappa shape index (κ1) is 15.5. The first-order chi connectivity index (χ1) is 13.1. The number of nitrogens with zero attached hydrogens (tertiary/aromatic N) is 3. The first-order valence-electron chi connectivity index (χ1n) is 8.53. The highest BCUT2D eigenvalue weighted by molar-refractivity contribution is 5.94. The number of pyridine rings is 2. The number of aryl methyl sites for hydroxylation is 1. The van der Waals surface area contributed by atoms with Gasteiger partial charge in [-0.1, -0.05) is 30.3 Å². The number of aromatic amines is 1. The summed E-state index contributed by atoms with van der Waals surface area (Å²) >= 11 is 0. The molecule has 0 unspecified atom stereocenters. The number of rotatable bonds is 1. The first-order valence-corrected chi connectivity index (χ1v) is 8.53. The number of nitrogens with one attached hydrogen (secondary N) is 1. The van der Waals surface area contributed by atoms with E-state index in [0.717, 1.165) is 27.5 Å². The number of para-hydroxylation sites is 1. The maximum Gasteiger partial charge on any atom is 0.349 e. The van der Waals surface area contributed by atoms with Gasteiger partial charge in [0.2, 0.25) is 0 Å². The van der Waals surface area contributed by atoms with Crippen LogP contribution < -0.4 is 11.2 Å². The van der Waals surface area contributed by atoms with Gasteiger partial charge in [-0.3, -0.25) is 14.3 Å². The van der Waals surface area contributed by atoms with Gasteiger partial charge in [0.15, 0.2) is 5.82 Å². The van der Waals surface area contributed by atoms with Crippen molar-refractivity contribution in [1.29, 1.82) is 0 Å². The van der Waals surface area contributed by atoms with E-state index in [1.165, 1.54) is 0 Å². The third kappa shape index (κ3) is 2.42. The van der Waals surface area contributed by atoms with Crippen LogP contribution in [0.15, 0.2) is 70.3 Å². The monoisotopic (exact) mass is 354 g/mol. The largest absolute Gasteiger partial charge is 0.349 e. The fraction of sp³-hybridized carbons (Fsp3) is 0.0476. The van der Waals surface area contributed by atoms with Crippen molar-refractivity contribution >= 4 is 21.9 Å². The molecule has 5 rings (SSSR count). The minimum atomic E-state index is -0.673. The molecule has 2 aliphatic rings. The minimum Gasteiger partial charge on any atom is -0.278 e. The predicted octanol–water partition coefficient (Wildman–Crippen LogP) is 3.04. The van der Waals surface area contributed by atoms with Crippen molar-refractivity contribution in [1.82, 2.24) is 19.5 Å². The van der Waals surface area contributed by atoms with Gasteiger partial charge in [0.25, 0.3) is 5.56 Å². The molecule has 6 nitrogen and oxygen atoms in total. The molecule has 0 spiro atoms. The van der Waals surface area contributed by atoms with Gasteiger partial charge in [-0.05, 0) is 42.8 Å². The van der Waals surface area contributed by atoms with E-state index in [0.29, 0.717) is 17.0 Å². The van der Waals surface area contributed by atoms with Gasteiger partial charge in [0, 0.05) is 16.5 Å². The van der Waals surface area contributed by atoms with Crippen LogP contribution in [0.3, 0.4) is 0 Å². The van der Waals surface area contributed by atoms with Crippen LogP contribution in [0.4, 0.5) is 0 Å². The van der Waals surface area contributed by atoms with Crippen molar-refractivity contribution in [3.8, 4) is 17.1 Å². The van der Waals surface area contributed by atoms with Crippen molar-refractivity contribution < 1.29 is 0 Å². The Bertz CT molecular complexity index is 1420. The van der Waals surface area contributed by atoms with E-state index in [9.17, 15) is 9.59 Å². The van der Waals surface area contributed by atoms with E-state index in [2.05, 4.69) is 9.97 Å². The van der Waals surface area contributed by atoms with E-state index in [-0.39, 0.29) is 0 Å². The van der Waals surface area contributed by atoms with Crippen LogP contribution in [0.1, 0.15) is 5.56 Å². The third-order valence-corrected chi connectivity index (χ3v) is 4.63. The SMILES string of the molecule is Cc1ccc2cc3cc4c(=O)[nH]c(=O)nc-4n(-c4ccccc4)c3nc2c1. The summed E-state index contributed by atoms with van der Waals surface area (Å²) in [5, 5.41) is 1.78. The summed E-state index contributed by atoms with van der Waals surface area (Å²) in [6, 6.07) is 19.3. The number of fused-ring (bicyclic) bond motifs is 3. The van der Waals surface area contributed by atoms with Crippen molar-refractivity contribution in [3.05, 3.63) is 87.1 Å². The standard InChI is InChI=1S/C21H14N4O2/c1-12-7-8-13-10-14-11-16-19(23-21(27)24-20(16)26)25(15-5-3-2-4-6-15)18(14)22-17(13)9-12/h2-11H,1H3,(H,24,26,27). The molecule has 27 heavy (non-hydrogen) atoms. The zero-order chi connectivity index (χ0) is 18.5. The van der Waals surface area contributed by atoms with Crippen molar-refractivity contribution in [2.75, 3.05) is 0 Å². The van der Waals surface area contributed by atoms with Gasteiger partial charge in [-0.25, -0.2) is 9.78 Å². The second kappa shape index (κ2) is 5.60. The minimum absolute atomic E-state index is 0.293. The Balaban J connectivity index is 2.05. The molecule has 0 saturated carbocycles. The lowest BCUT2D eigenvalue weighted by Crippen LogP contribution is -2.27. The molecule has 3 heterocycles. The number of hydrogen-bond donors (Lipinski definition) is 1. The van der Waals surface area contributed by atoms with Crippen molar-refractivity contribution in [3.63, 3.8) is 0 Å². The molecule has 3 aromatic rings. The lowest BCUT2D eigenvalue weighted by Gasteiger charge is -2.17. The molecule has 2 aromatic carbocycles. The van der Waals surface area contributed by atoms with E-state index < -0.39 is 11.2 Å². The van der Waals surface area contributed by atoms with Gasteiger partial charge in [-0.2, -0.15) is 4.98 Å². The van der Waals surface area contributed by atoms with E-state index >= 15 is 0 Å². The summed E-state index contributed by atoms with van der Waals surface area (Å²) in [4.78, 5) is 35.4. The molecular weight excluding hydrogens is 340 g/mol. The molecule has 2 aliphatic heterocycles. The third-order valence-electron chi connectivity index (χ3n) is 4.63. The van der Waals surface area contributed by atoms with Crippen molar-refractivity contribution in [2.45, 2.75) is 6.92 Å². The molecule has 6 heteroatoms. The summed E-state index contributed by atoms with van der Waals surface area (Å²) in [7, 11) is 0. The van der Waals surface area contributed by atoms with Crippen LogP contribution in [0.25, 0.3) is 39.0 Å². The predicted molar refractivity (Wildman–Crippen MR) is 105 cm³/mol. The second-order valence-corrected chi connectivity index (χ2v) is 6.52. The van der Waals surface area contributed by atoms with E-state index in [4.69, 9.17) is 4.98 Å². The fourth-order valence-electron chi connectivity index (χ4n) is 3.40. The Morgan fingerprint density at radius 2 is 1.70 bits per heavy atom. The fourth-order valence-corrected chi connectivity index (χ4v) is 3.40. The zero-order valence-corrected chi connectivity index (χ0v) is 14.4. The van der Waals surface area contributed by atoms with Crippen LogP contribution in [0.2, 0.25) is 0 Å². The molecule has 1 N–H and O–H groups in total. The van der Waals surface area contributed by atoms with E-state index in [1.807, 2.05) is 61.5 Å². The topological polar surface area (TPSA) is 80.6 Å². The summed E-state index contributed by atoms with van der Waals surface area (Å²) in [5.74, 6) is 0.293. The highest BCUT2D eigenvalue weighted by Gasteiger charge is 2.19. The van der Waals surface area contributed by atoms with Crippen LogP contribution in [-0.4, -0.2) is 19.5 Å². The average Bonchev–Trinajstić information content (AvgIpc) is 2.66. The Morgan fingerprint density at radius 1 is 0.889 bits per heavy atom. The molecule has 0 amide bonds. The summed E-state index contributed by atoms with van der Waals surface area (Å²) in [5.41, 5.74) is 2.60. The van der Waals surface area contributed by atoms with Crippen LogP contribution in [0, 0.1) is 6.92 Å². The molecule has 130 valence electrons. The summed E-state index contributed by atoms with van der Waals surface area (Å²) < 4.78 is 1.77. The highest BCUT2D eigenvalue weighted by Crippen LogP contribution is 2.29. The highest BCUT2D eigenvalue weighted by atomic mass is 16.2. The van der Waals surface area contributed by atoms with E-state index in [1.54, 1.807) is 10.6 Å². The Labute approximate surface area is 153 Å². The zero-order valence-electron chi connectivity index (χ0n) is 14.4. The second-order valence-electron chi connectivity index (χ2n) is 6.52. The molecule has 0 aliphatic carbocycles. The maximum absolute atomic E-state index is 12.4. The lowest BCUT2D eigenvalue weighted by molar-refractivity contribution is 0.952. The summed E-state index contributed by atoms with van der Waals surface area (Å²) in [6.45, 7) is 2.02. The van der Waals surface area contributed by atoms with Crippen LogP contribution in [0.5, 0.6) is 0 Å². The van der Waals surface area contributed by atoms with Crippen molar-refractivity contribution in [2.24, 2.45) is 0 Å². The number of H-pyrrole nitrogens is 1. The van der Waals surface area contributed by atoms with Gasteiger partial charge >= 0.3 is 5.69 Å². The molecule has 0 radical (unpaired) electrons. The van der Waals surface area contributed by atoms with Gasteiger partial charge in [0.05, 0.1) is 11.1 Å². The summed E-state index contributed by atoms with van der Waals surface area (Å²) in [6.07, 6.45) is 0. The molecule has 0 saturated heterocycles. The quantitative estimate of drug-likeness (QED) is 0.469. The smallest absolute Gasteiger partial charge is 0.278 e. The normalized spacial score (nSPS) is 11.4. The lowest BCUT2D eigenvalue weighted by atomic mass is 10.1. The van der Waals surface area contributed by atoms with Gasteiger partial charge in [-0.15, -0.1) is 0 Å². The Kier molecular flexibility index (Phi) is 3.21. The van der Waals surface area contributed by atoms with Crippen LogP contribution in [-0.2, 0) is 0 Å². The number of hydrogen-bond acceptors (Lipinski definition) is 4. The van der Waals surface area contributed by atoms with Gasteiger partial charge < -0.3 is 0 Å². The molecule has 0 atom stereocenters. The average molecular weight is 354 g/mol. The number of benzene rings is 2.